The molecule has 0 aliphatic carbocycles. The van der Waals surface area contributed by atoms with Crippen molar-refractivity contribution in [1.29, 1.82) is 0 Å². The van der Waals surface area contributed by atoms with Crippen LogP contribution < -0.4 is 5.73 Å². The Kier molecular flexibility index (Phi) is 3.80. The maximum Gasteiger partial charge on any atom is 0.0529 e. The monoisotopic (exact) mass is 222 g/mol. The number of anilines is 1. The predicted molar refractivity (Wildman–Crippen MR) is 70.4 cm³/mol. The Labute approximate surface area is 96.1 Å². The summed E-state index contributed by atoms with van der Waals surface area (Å²) < 4.78 is 4.64. The summed E-state index contributed by atoms with van der Waals surface area (Å²) in [6.45, 7) is 8.45. The number of hydrogen-bond acceptors (Lipinski definition) is 3. The maximum atomic E-state index is 5.72. The minimum atomic E-state index is 0.154. The van der Waals surface area contributed by atoms with E-state index in [1.165, 1.54) is 0 Å². The van der Waals surface area contributed by atoms with Crippen LogP contribution in [-0.4, -0.2) is 10.5 Å². The van der Waals surface area contributed by atoms with Crippen molar-refractivity contribution in [1.82, 2.24) is 0 Å². The van der Waals surface area contributed by atoms with Crippen molar-refractivity contribution in [3.8, 4) is 0 Å². The lowest BCUT2D eigenvalue weighted by atomic mass is 10.1. The number of nitrogens with zero attached hydrogens (tertiary/aromatic N) is 1. The molecule has 0 amide bonds. The van der Waals surface area contributed by atoms with Gasteiger partial charge in [0.2, 0.25) is 0 Å². The molecular formula is C12H18N2S. The summed E-state index contributed by atoms with van der Waals surface area (Å²) in [7, 11) is 0. The Balaban J connectivity index is 2.80. The van der Waals surface area contributed by atoms with Gasteiger partial charge in [0.05, 0.1) is 5.71 Å². The second-order valence-electron chi connectivity index (χ2n) is 4.51. The molecule has 1 aromatic carbocycles. The Morgan fingerprint density at radius 1 is 1.33 bits per heavy atom. The van der Waals surface area contributed by atoms with Crippen LogP contribution in [0.25, 0.3) is 0 Å². The van der Waals surface area contributed by atoms with Gasteiger partial charge in [-0.3, -0.25) is 0 Å². The highest BCUT2D eigenvalue weighted by Crippen LogP contribution is 2.25. The quantitative estimate of drug-likeness (QED) is 0.472. The molecule has 0 saturated heterocycles. The van der Waals surface area contributed by atoms with Gasteiger partial charge in [-0.1, -0.05) is 12.1 Å². The zero-order chi connectivity index (χ0) is 11.5. The van der Waals surface area contributed by atoms with Gasteiger partial charge >= 0.3 is 0 Å². The Morgan fingerprint density at radius 2 is 2.00 bits per heavy atom. The molecule has 2 N–H and O–H groups in total. The second kappa shape index (κ2) is 4.71. The molecule has 0 aliphatic rings. The van der Waals surface area contributed by atoms with Gasteiger partial charge in [-0.2, -0.15) is 0 Å². The Hall–Kier alpha value is -0.960. The fourth-order valence-electron chi connectivity index (χ4n) is 1.02. The first-order chi connectivity index (χ1) is 6.88. The van der Waals surface area contributed by atoms with E-state index in [9.17, 15) is 0 Å². The summed E-state index contributed by atoms with van der Waals surface area (Å²) in [5.74, 6) is 0. The standard InChI is InChI=1S/C12H18N2S/c1-9(14-15-12(2,3)4)10-6-5-7-11(13)8-10/h5-8H,13H2,1-4H3/b14-9+. The molecule has 0 bridgehead atoms. The molecule has 0 saturated carbocycles. The largest absolute Gasteiger partial charge is 0.399 e. The zero-order valence-electron chi connectivity index (χ0n) is 9.74. The molecule has 0 atom stereocenters. The molecule has 0 fully saturated rings. The molecule has 0 unspecified atom stereocenters. The van der Waals surface area contributed by atoms with Crippen molar-refractivity contribution < 1.29 is 0 Å². The van der Waals surface area contributed by atoms with Crippen molar-refractivity contribution in [3.63, 3.8) is 0 Å². The first-order valence-electron chi connectivity index (χ1n) is 4.97. The topological polar surface area (TPSA) is 38.4 Å². The number of nitrogens with two attached hydrogens (primary N) is 1. The van der Waals surface area contributed by atoms with Gasteiger partial charge in [0.25, 0.3) is 0 Å². The molecule has 0 spiro atoms. The molecule has 1 aromatic rings. The van der Waals surface area contributed by atoms with Crippen molar-refractivity contribution in [2.75, 3.05) is 5.73 Å². The molecule has 15 heavy (non-hydrogen) atoms. The summed E-state index contributed by atoms with van der Waals surface area (Å²) in [6, 6.07) is 7.81. The van der Waals surface area contributed by atoms with Gasteiger partial charge in [0.1, 0.15) is 0 Å². The van der Waals surface area contributed by atoms with Crippen LogP contribution in [0.2, 0.25) is 0 Å². The summed E-state index contributed by atoms with van der Waals surface area (Å²) in [5.41, 5.74) is 8.60. The third-order valence-corrected chi connectivity index (χ3v) is 2.67. The molecule has 0 radical (unpaired) electrons. The van der Waals surface area contributed by atoms with Crippen molar-refractivity contribution in [2.24, 2.45) is 4.40 Å². The van der Waals surface area contributed by atoms with E-state index in [-0.39, 0.29) is 4.75 Å². The molecule has 2 nitrogen and oxygen atoms in total. The lowest BCUT2D eigenvalue weighted by Crippen LogP contribution is -2.06. The van der Waals surface area contributed by atoms with Crippen molar-refractivity contribution >= 4 is 23.3 Å². The number of nitrogen functional groups attached to an aromatic ring is 1. The summed E-state index contributed by atoms with van der Waals surface area (Å²) in [5, 5.41) is 0. The highest BCUT2D eigenvalue weighted by molar-refractivity contribution is 7.99. The van der Waals surface area contributed by atoms with Gasteiger partial charge < -0.3 is 5.73 Å². The Bertz CT molecular complexity index is 364. The maximum absolute atomic E-state index is 5.72. The fraction of sp³-hybridized carbons (Fsp3) is 0.417. The van der Waals surface area contributed by atoms with Crippen LogP contribution >= 0.6 is 11.9 Å². The molecule has 1 rings (SSSR count). The van der Waals surface area contributed by atoms with Gasteiger partial charge in [0.15, 0.2) is 0 Å². The van der Waals surface area contributed by atoms with E-state index in [1.54, 1.807) is 11.9 Å². The number of rotatable bonds is 2. The smallest absolute Gasteiger partial charge is 0.0529 e. The van der Waals surface area contributed by atoms with Gasteiger partial charge in [-0.25, -0.2) is 4.40 Å². The highest BCUT2D eigenvalue weighted by atomic mass is 32.2. The minimum Gasteiger partial charge on any atom is -0.399 e. The van der Waals surface area contributed by atoms with E-state index in [1.807, 2.05) is 31.2 Å². The van der Waals surface area contributed by atoms with Crippen LogP contribution in [0.5, 0.6) is 0 Å². The minimum absolute atomic E-state index is 0.154. The summed E-state index contributed by atoms with van der Waals surface area (Å²) in [4.78, 5) is 0. The zero-order valence-corrected chi connectivity index (χ0v) is 10.6. The van der Waals surface area contributed by atoms with Crippen LogP contribution in [0.3, 0.4) is 0 Å². The SMILES string of the molecule is C/C(=N\SC(C)(C)C)c1cccc(N)c1. The molecule has 3 heteroatoms. The summed E-state index contributed by atoms with van der Waals surface area (Å²) in [6.07, 6.45) is 0. The Morgan fingerprint density at radius 3 is 2.53 bits per heavy atom. The van der Waals surface area contributed by atoms with E-state index in [0.29, 0.717) is 0 Å². The lowest BCUT2D eigenvalue weighted by molar-refractivity contribution is 0.804. The van der Waals surface area contributed by atoms with Crippen molar-refractivity contribution in [3.05, 3.63) is 29.8 Å². The fourth-order valence-corrected chi connectivity index (χ4v) is 1.54. The number of benzene rings is 1. The van der Waals surface area contributed by atoms with Gasteiger partial charge in [-0.15, -0.1) is 0 Å². The average molecular weight is 222 g/mol. The van der Waals surface area contributed by atoms with Gasteiger partial charge in [-0.05, 0) is 57.3 Å². The average Bonchev–Trinajstić information content (AvgIpc) is 2.13. The third-order valence-electron chi connectivity index (χ3n) is 1.76. The van der Waals surface area contributed by atoms with Crippen molar-refractivity contribution in [2.45, 2.75) is 32.4 Å². The van der Waals surface area contributed by atoms with E-state index >= 15 is 0 Å². The lowest BCUT2D eigenvalue weighted by Gasteiger charge is -2.13. The normalized spacial score (nSPS) is 12.9. The first kappa shape index (κ1) is 12.1. The van der Waals surface area contributed by atoms with E-state index in [4.69, 9.17) is 5.73 Å². The van der Waals surface area contributed by atoms with E-state index < -0.39 is 0 Å². The number of hydrogen-bond donors (Lipinski definition) is 1. The third kappa shape index (κ3) is 4.38. The second-order valence-corrected chi connectivity index (χ2v) is 6.10. The van der Waals surface area contributed by atoms with Crippen LogP contribution in [0.15, 0.2) is 28.7 Å². The predicted octanol–water partition coefficient (Wildman–Crippen LogP) is 3.52. The highest BCUT2D eigenvalue weighted by Gasteiger charge is 2.10. The van der Waals surface area contributed by atoms with Crippen LogP contribution in [0.1, 0.15) is 33.3 Å². The molecule has 0 aliphatic heterocycles. The molecule has 82 valence electrons. The molecule has 0 heterocycles. The van der Waals surface area contributed by atoms with Crippen LogP contribution in [0.4, 0.5) is 5.69 Å². The van der Waals surface area contributed by atoms with Gasteiger partial charge in [0, 0.05) is 10.4 Å². The first-order valence-corrected chi connectivity index (χ1v) is 5.74. The molecular weight excluding hydrogens is 204 g/mol. The van der Waals surface area contributed by atoms with Crippen LogP contribution in [0, 0.1) is 0 Å². The van der Waals surface area contributed by atoms with E-state index in [2.05, 4.69) is 25.2 Å². The molecule has 0 aromatic heterocycles. The summed E-state index contributed by atoms with van der Waals surface area (Å²) >= 11 is 1.59. The van der Waals surface area contributed by atoms with E-state index in [0.717, 1.165) is 17.0 Å². The van der Waals surface area contributed by atoms with Crippen LogP contribution in [-0.2, 0) is 0 Å².